The van der Waals surface area contributed by atoms with Gasteiger partial charge in [0.2, 0.25) is 0 Å². The highest BCUT2D eigenvalue weighted by Gasteiger charge is 2.24. The molecule has 1 heterocycles. The first kappa shape index (κ1) is 18.3. The summed E-state index contributed by atoms with van der Waals surface area (Å²) in [5.41, 5.74) is 5.04. The standard InChI is InChI=1S/C15H21NO.C4H7N/c1-11-7-9-16(13(3)8-10-17)15-12(2)5-4-6-14(11)15;1-2-3-4-5/h4-6,11,17H,3,7-10H2,1-2H3;2-3H2,1H3. The number of nitrogens with zero attached hydrogens (tertiary/aromatic N) is 2. The molecule has 0 aromatic heterocycles. The summed E-state index contributed by atoms with van der Waals surface area (Å²) in [5.74, 6) is 0.614. The van der Waals surface area contributed by atoms with Crippen molar-refractivity contribution in [2.24, 2.45) is 0 Å². The Bertz CT molecular complexity index is 531. The van der Waals surface area contributed by atoms with E-state index in [4.69, 9.17) is 10.4 Å². The number of anilines is 1. The lowest BCUT2D eigenvalue weighted by Crippen LogP contribution is -2.30. The van der Waals surface area contributed by atoms with Gasteiger partial charge >= 0.3 is 0 Å². The predicted molar refractivity (Wildman–Crippen MR) is 92.9 cm³/mol. The van der Waals surface area contributed by atoms with Crippen LogP contribution in [0.3, 0.4) is 0 Å². The zero-order valence-electron chi connectivity index (χ0n) is 14.1. The molecule has 0 fully saturated rings. The molecule has 0 radical (unpaired) electrons. The van der Waals surface area contributed by atoms with Crippen LogP contribution in [0.15, 0.2) is 30.5 Å². The van der Waals surface area contributed by atoms with Crippen molar-refractivity contribution >= 4 is 5.69 Å². The maximum atomic E-state index is 9.05. The van der Waals surface area contributed by atoms with Crippen molar-refractivity contribution in [1.82, 2.24) is 0 Å². The molecule has 1 aromatic carbocycles. The van der Waals surface area contributed by atoms with E-state index in [0.717, 1.165) is 25.1 Å². The summed E-state index contributed by atoms with van der Waals surface area (Å²) < 4.78 is 0. The first-order valence-electron chi connectivity index (χ1n) is 8.09. The minimum absolute atomic E-state index is 0.173. The summed E-state index contributed by atoms with van der Waals surface area (Å²) in [6.45, 7) is 11.7. The summed E-state index contributed by atoms with van der Waals surface area (Å²) in [7, 11) is 0. The molecule has 3 heteroatoms. The molecular formula is C19H28N2O. The highest BCUT2D eigenvalue weighted by Crippen LogP contribution is 2.39. The predicted octanol–water partition coefficient (Wildman–Crippen LogP) is 4.51. The number of aliphatic hydroxyl groups excluding tert-OH is 1. The third-order valence-electron chi connectivity index (χ3n) is 4.00. The first-order valence-corrected chi connectivity index (χ1v) is 8.09. The molecule has 3 nitrogen and oxygen atoms in total. The zero-order valence-corrected chi connectivity index (χ0v) is 14.1. The highest BCUT2D eigenvalue weighted by molar-refractivity contribution is 5.65. The molecule has 0 amide bonds. The number of unbranched alkanes of at least 4 members (excludes halogenated alkanes) is 1. The third kappa shape index (κ3) is 4.61. The molecule has 1 unspecified atom stereocenters. The van der Waals surface area contributed by atoms with Gasteiger partial charge in [0, 0.05) is 37.4 Å². The number of hydrogen-bond donors (Lipinski definition) is 1. The van der Waals surface area contributed by atoms with Crippen LogP contribution in [0, 0.1) is 18.3 Å². The molecular weight excluding hydrogens is 272 g/mol. The summed E-state index contributed by atoms with van der Waals surface area (Å²) >= 11 is 0. The Balaban J connectivity index is 0.000000422. The van der Waals surface area contributed by atoms with E-state index in [0.29, 0.717) is 18.8 Å². The van der Waals surface area contributed by atoms with E-state index >= 15 is 0 Å². The van der Waals surface area contributed by atoms with Crippen molar-refractivity contribution in [2.45, 2.75) is 52.4 Å². The normalized spacial score (nSPS) is 16.1. The number of para-hydroxylation sites is 1. The maximum Gasteiger partial charge on any atom is 0.0621 e. The van der Waals surface area contributed by atoms with Crippen molar-refractivity contribution in [3.63, 3.8) is 0 Å². The second-order valence-electron chi connectivity index (χ2n) is 5.80. The summed E-state index contributed by atoms with van der Waals surface area (Å²) in [6.07, 6.45) is 3.49. The van der Waals surface area contributed by atoms with Gasteiger partial charge in [-0.2, -0.15) is 5.26 Å². The van der Waals surface area contributed by atoms with Crippen molar-refractivity contribution in [3.8, 4) is 6.07 Å². The minimum atomic E-state index is 0.173. The maximum absolute atomic E-state index is 9.05. The minimum Gasteiger partial charge on any atom is -0.396 e. The largest absolute Gasteiger partial charge is 0.396 e. The smallest absolute Gasteiger partial charge is 0.0621 e. The average molecular weight is 300 g/mol. The number of fused-ring (bicyclic) bond motifs is 1. The van der Waals surface area contributed by atoms with Gasteiger partial charge < -0.3 is 10.0 Å². The van der Waals surface area contributed by atoms with Gasteiger partial charge in [-0.15, -0.1) is 0 Å². The van der Waals surface area contributed by atoms with Gasteiger partial charge in [0.05, 0.1) is 6.07 Å². The van der Waals surface area contributed by atoms with E-state index in [2.05, 4.69) is 43.5 Å². The molecule has 1 aliphatic heterocycles. The van der Waals surface area contributed by atoms with Crippen LogP contribution in [0.5, 0.6) is 0 Å². The summed E-state index contributed by atoms with van der Waals surface area (Å²) in [6, 6.07) is 8.51. The Hall–Kier alpha value is -1.79. The van der Waals surface area contributed by atoms with E-state index in [1.165, 1.54) is 16.8 Å². The fourth-order valence-electron chi connectivity index (χ4n) is 2.73. The molecule has 1 atom stereocenters. The van der Waals surface area contributed by atoms with Gasteiger partial charge in [0.25, 0.3) is 0 Å². The lowest BCUT2D eigenvalue weighted by molar-refractivity contribution is 0.298. The van der Waals surface area contributed by atoms with E-state index in [9.17, 15) is 0 Å². The Morgan fingerprint density at radius 3 is 2.77 bits per heavy atom. The fraction of sp³-hybridized carbons (Fsp3) is 0.526. The van der Waals surface area contributed by atoms with Gasteiger partial charge in [-0.05, 0) is 36.8 Å². The molecule has 2 rings (SSSR count). The molecule has 0 aliphatic carbocycles. The van der Waals surface area contributed by atoms with Gasteiger partial charge in [-0.25, -0.2) is 0 Å². The first-order chi connectivity index (χ1) is 10.6. The van der Waals surface area contributed by atoms with Crippen molar-refractivity contribution in [2.75, 3.05) is 18.1 Å². The molecule has 0 spiro atoms. The number of nitriles is 1. The van der Waals surface area contributed by atoms with Crippen LogP contribution in [-0.2, 0) is 0 Å². The molecule has 1 aliphatic rings. The van der Waals surface area contributed by atoms with Crippen LogP contribution in [0.2, 0.25) is 0 Å². The number of hydrogen-bond acceptors (Lipinski definition) is 3. The van der Waals surface area contributed by atoms with Crippen molar-refractivity contribution in [3.05, 3.63) is 41.6 Å². The van der Waals surface area contributed by atoms with Crippen LogP contribution >= 0.6 is 0 Å². The SMILES string of the molecule is C=C(CCO)N1CCC(C)c2cccc(C)c21.CCCC#N. The summed E-state index contributed by atoms with van der Waals surface area (Å²) in [4.78, 5) is 2.28. The lowest BCUT2D eigenvalue weighted by atomic mass is 9.89. The van der Waals surface area contributed by atoms with E-state index in [-0.39, 0.29) is 6.61 Å². The number of rotatable bonds is 4. The van der Waals surface area contributed by atoms with Crippen LogP contribution in [0.1, 0.15) is 56.6 Å². The number of benzene rings is 1. The van der Waals surface area contributed by atoms with Gasteiger partial charge in [-0.3, -0.25) is 0 Å². The van der Waals surface area contributed by atoms with Crippen LogP contribution < -0.4 is 4.90 Å². The highest BCUT2D eigenvalue weighted by atomic mass is 16.3. The second-order valence-corrected chi connectivity index (χ2v) is 5.80. The molecule has 1 aromatic rings. The summed E-state index contributed by atoms with van der Waals surface area (Å²) in [5, 5.41) is 16.9. The third-order valence-corrected chi connectivity index (χ3v) is 4.00. The number of aryl methyl sites for hydroxylation is 1. The zero-order chi connectivity index (χ0) is 16.5. The monoisotopic (exact) mass is 300 g/mol. The second kappa shape index (κ2) is 9.27. The van der Waals surface area contributed by atoms with Gasteiger partial charge in [0.1, 0.15) is 0 Å². The van der Waals surface area contributed by atoms with Gasteiger partial charge in [0.15, 0.2) is 0 Å². The fourth-order valence-corrected chi connectivity index (χ4v) is 2.73. The molecule has 1 N–H and O–H groups in total. The molecule has 0 bridgehead atoms. The van der Waals surface area contributed by atoms with Crippen molar-refractivity contribution < 1.29 is 5.11 Å². The Morgan fingerprint density at radius 1 is 1.50 bits per heavy atom. The van der Waals surface area contributed by atoms with Gasteiger partial charge in [-0.1, -0.05) is 38.6 Å². The van der Waals surface area contributed by atoms with Crippen LogP contribution in [-0.4, -0.2) is 18.3 Å². The van der Waals surface area contributed by atoms with E-state index in [1.54, 1.807) is 0 Å². The Labute approximate surface area is 134 Å². The topological polar surface area (TPSA) is 47.3 Å². The van der Waals surface area contributed by atoms with E-state index in [1.807, 2.05) is 13.0 Å². The van der Waals surface area contributed by atoms with Crippen molar-refractivity contribution in [1.29, 1.82) is 5.26 Å². The lowest BCUT2D eigenvalue weighted by Gasteiger charge is -2.37. The molecule has 120 valence electrons. The number of aliphatic hydroxyl groups is 1. The van der Waals surface area contributed by atoms with Crippen LogP contribution in [0.25, 0.3) is 0 Å². The average Bonchev–Trinajstić information content (AvgIpc) is 2.50. The quantitative estimate of drug-likeness (QED) is 0.889. The Kier molecular flexibility index (Phi) is 7.70. The Morgan fingerprint density at radius 2 is 2.23 bits per heavy atom. The van der Waals surface area contributed by atoms with E-state index < -0.39 is 0 Å². The molecule has 0 saturated heterocycles. The van der Waals surface area contributed by atoms with Crippen LogP contribution in [0.4, 0.5) is 5.69 Å². The molecule has 22 heavy (non-hydrogen) atoms. The molecule has 0 saturated carbocycles.